The Morgan fingerprint density at radius 1 is 1.31 bits per heavy atom. The molecule has 16 heavy (non-hydrogen) atoms. The standard InChI is InChI=1S/C14H20O2/c1-10-8-11(2)13(12(9-10)16-5)14(3,4)6-7-15/h7-9H,6H2,1-5H3. The predicted molar refractivity (Wildman–Crippen MR) is 66.2 cm³/mol. The monoisotopic (exact) mass is 220 g/mol. The SMILES string of the molecule is COc1cc(C)cc(C)c1C(C)(C)CC=O. The fourth-order valence-corrected chi connectivity index (χ4v) is 2.27. The van der Waals surface area contributed by atoms with Crippen LogP contribution in [0.15, 0.2) is 12.1 Å². The van der Waals surface area contributed by atoms with E-state index in [2.05, 4.69) is 26.8 Å². The molecule has 0 bridgehead atoms. The molecule has 0 aromatic heterocycles. The number of carbonyl (C=O) groups is 1. The van der Waals surface area contributed by atoms with Crippen LogP contribution in [0.1, 0.15) is 37.0 Å². The average Bonchev–Trinajstić information content (AvgIpc) is 2.15. The molecular formula is C14H20O2. The van der Waals surface area contributed by atoms with Gasteiger partial charge in [-0.3, -0.25) is 0 Å². The molecule has 2 heteroatoms. The van der Waals surface area contributed by atoms with Crippen molar-refractivity contribution in [2.24, 2.45) is 0 Å². The topological polar surface area (TPSA) is 26.3 Å². The van der Waals surface area contributed by atoms with Gasteiger partial charge in [-0.2, -0.15) is 0 Å². The number of aldehydes is 1. The van der Waals surface area contributed by atoms with Crippen LogP contribution in [-0.4, -0.2) is 13.4 Å². The molecule has 0 spiro atoms. The first-order valence-corrected chi connectivity index (χ1v) is 5.51. The molecule has 0 aliphatic rings. The molecule has 88 valence electrons. The molecule has 0 N–H and O–H groups in total. The van der Waals surface area contributed by atoms with Crippen molar-refractivity contribution in [1.82, 2.24) is 0 Å². The highest BCUT2D eigenvalue weighted by molar-refractivity contribution is 5.56. The molecule has 0 aliphatic carbocycles. The lowest BCUT2D eigenvalue weighted by molar-refractivity contribution is -0.108. The molecule has 0 atom stereocenters. The van der Waals surface area contributed by atoms with Crippen LogP contribution in [0.4, 0.5) is 0 Å². The van der Waals surface area contributed by atoms with Crippen molar-refractivity contribution in [3.8, 4) is 5.75 Å². The molecule has 0 amide bonds. The highest BCUT2D eigenvalue weighted by Crippen LogP contribution is 2.36. The number of aryl methyl sites for hydroxylation is 2. The molecule has 0 fully saturated rings. The minimum absolute atomic E-state index is 0.176. The molecule has 1 aromatic carbocycles. The van der Waals surface area contributed by atoms with Crippen molar-refractivity contribution < 1.29 is 9.53 Å². The van der Waals surface area contributed by atoms with E-state index in [1.165, 1.54) is 11.1 Å². The van der Waals surface area contributed by atoms with Crippen molar-refractivity contribution in [3.05, 3.63) is 28.8 Å². The normalized spacial score (nSPS) is 11.3. The van der Waals surface area contributed by atoms with E-state index in [0.29, 0.717) is 6.42 Å². The zero-order valence-electron chi connectivity index (χ0n) is 10.8. The summed E-state index contributed by atoms with van der Waals surface area (Å²) in [5.41, 5.74) is 3.32. The van der Waals surface area contributed by atoms with E-state index in [0.717, 1.165) is 17.6 Å². The van der Waals surface area contributed by atoms with Crippen LogP contribution in [0.2, 0.25) is 0 Å². The number of ether oxygens (including phenoxy) is 1. The number of benzene rings is 1. The summed E-state index contributed by atoms with van der Waals surface area (Å²) in [5, 5.41) is 0. The number of hydrogen-bond acceptors (Lipinski definition) is 2. The van der Waals surface area contributed by atoms with Crippen molar-refractivity contribution in [1.29, 1.82) is 0 Å². The molecule has 1 aromatic rings. The van der Waals surface area contributed by atoms with Gasteiger partial charge >= 0.3 is 0 Å². The molecule has 0 radical (unpaired) electrons. The van der Waals surface area contributed by atoms with Gasteiger partial charge in [0.1, 0.15) is 12.0 Å². The molecule has 0 heterocycles. The summed E-state index contributed by atoms with van der Waals surface area (Å²) in [6, 6.07) is 4.15. The zero-order chi connectivity index (χ0) is 12.3. The number of methoxy groups -OCH3 is 1. The maximum absolute atomic E-state index is 10.7. The molecular weight excluding hydrogens is 200 g/mol. The Balaban J connectivity index is 3.36. The Bertz CT molecular complexity index is 392. The van der Waals surface area contributed by atoms with E-state index in [-0.39, 0.29) is 5.41 Å². The molecule has 2 nitrogen and oxygen atoms in total. The number of hydrogen-bond donors (Lipinski definition) is 0. The third kappa shape index (κ3) is 2.43. The first kappa shape index (κ1) is 12.8. The van der Waals surface area contributed by atoms with E-state index >= 15 is 0 Å². The second kappa shape index (κ2) is 4.69. The van der Waals surface area contributed by atoms with Crippen LogP contribution < -0.4 is 4.74 Å². The van der Waals surface area contributed by atoms with Crippen molar-refractivity contribution in [2.45, 2.75) is 39.5 Å². The Labute approximate surface area is 97.6 Å². The predicted octanol–water partition coefficient (Wildman–Crippen LogP) is 3.18. The van der Waals surface area contributed by atoms with Crippen LogP contribution >= 0.6 is 0 Å². The van der Waals surface area contributed by atoms with Crippen LogP contribution in [-0.2, 0) is 10.2 Å². The quantitative estimate of drug-likeness (QED) is 0.728. The average molecular weight is 220 g/mol. The third-order valence-corrected chi connectivity index (χ3v) is 2.93. The van der Waals surface area contributed by atoms with Crippen molar-refractivity contribution >= 4 is 6.29 Å². The maximum Gasteiger partial charge on any atom is 0.123 e. The summed E-state index contributed by atoms with van der Waals surface area (Å²) in [7, 11) is 1.68. The Morgan fingerprint density at radius 3 is 2.44 bits per heavy atom. The fraction of sp³-hybridized carbons (Fsp3) is 0.500. The summed E-state index contributed by atoms with van der Waals surface area (Å²) in [4.78, 5) is 10.7. The summed E-state index contributed by atoms with van der Waals surface area (Å²) >= 11 is 0. The van der Waals surface area contributed by atoms with Crippen LogP contribution in [0, 0.1) is 13.8 Å². The highest BCUT2D eigenvalue weighted by Gasteiger charge is 2.26. The molecule has 0 aliphatic heterocycles. The van der Waals surface area contributed by atoms with Crippen LogP contribution in [0.3, 0.4) is 0 Å². The second-order valence-corrected chi connectivity index (χ2v) is 4.91. The van der Waals surface area contributed by atoms with E-state index < -0.39 is 0 Å². The Morgan fingerprint density at radius 2 is 1.94 bits per heavy atom. The summed E-state index contributed by atoms with van der Waals surface area (Å²) in [5.74, 6) is 0.879. The highest BCUT2D eigenvalue weighted by atomic mass is 16.5. The molecule has 1 rings (SSSR count). The minimum atomic E-state index is -0.176. The summed E-state index contributed by atoms with van der Waals surface area (Å²) in [6.45, 7) is 8.26. The maximum atomic E-state index is 10.7. The van der Waals surface area contributed by atoms with Gasteiger partial charge in [0.2, 0.25) is 0 Å². The van der Waals surface area contributed by atoms with Gasteiger partial charge in [0.05, 0.1) is 7.11 Å². The van der Waals surface area contributed by atoms with Gasteiger partial charge in [-0.05, 0) is 31.0 Å². The second-order valence-electron chi connectivity index (χ2n) is 4.91. The van der Waals surface area contributed by atoms with E-state index in [1.54, 1.807) is 7.11 Å². The van der Waals surface area contributed by atoms with Gasteiger partial charge in [0, 0.05) is 17.4 Å². The number of carbonyl (C=O) groups excluding carboxylic acids is 1. The molecule has 0 saturated heterocycles. The number of rotatable bonds is 4. The van der Waals surface area contributed by atoms with Crippen LogP contribution in [0.25, 0.3) is 0 Å². The first-order chi connectivity index (χ1) is 7.42. The lowest BCUT2D eigenvalue weighted by Gasteiger charge is -2.27. The Hall–Kier alpha value is -1.31. The molecule has 0 saturated carbocycles. The van der Waals surface area contributed by atoms with Gasteiger partial charge < -0.3 is 9.53 Å². The van der Waals surface area contributed by atoms with Gasteiger partial charge in [0.15, 0.2) is 0 Å². The third-order valence-electron chi connectivity index (χ3n) is 2.93. The fourth-order valence-electron chi connectivity index (χ4n) is 2.27. The van der Waals surface area contributed by atoms with Gasteiger partial charge in [-0.25, -0.2) is 0 Å². The van der Waals surface area contributed by atoms with E-state index in [9.17, 15) is 4.79 Å². The summed E-state index contributed by atoms with van der Waals surface area (Å²) < 4.78 is 5.42. The van der Waals surface area contributed by atoms with Gasteiger partial charge in [-0.1, -0.05) is 19.9 Å². The molecule has 0 unspecified atom stereocenters. The van der Waals surface area contributed by atoms with E-state index in [4.69, 9.17) is 4.74 Å². The largest absolute Gasteiger partial charge is 0.496 e. The minimum Gasteiger partial charge on any atom is -0.496 e. The summed E-state index contributed by atoms with van der Waals surface area (Å²) in [6.07, 6.45) is 1.48. The smallest absolute Gasteiger partial charge is 0.123 e. The first-order valence-electron chi connectivity index (χ1n) is 5.51. The lowest BCUT2D eigenvalue weighted by Crippen LogP contribution is -2.20. The van der Waals surface area contributed by atoms with Gasteiger partial charge in [0.25, 0.3) is 0 Å². The van der Waals surface area contributed by atoms with Crippen LogP contribution in [0.5, 0.6) is 5.75 Å². The van der Waals surface area contributed by atoms with Crippen molar-refractivity contribution in [3.63, 3.8) is 0 Å². The zero-order valence-corrected chi connectivity index (χ0v) is 10.8. The Kier molecular flexibility index (Phi) is 3.74. The van der Waals surface area contributed by atoms with Gasteiger partial charge in [-0.15, -0.1) is 0 Å². The van der Waals surface area contributed by atoms with E-state index in [1.807, 2.05) is 13.0 Å². The lowest BCUT2D eigenvalue weighted by atomic mass is 9.78. The van der Waals surface area contributed by atoms with Crippen molar-refractivity contribution in [2.75, 3.05) is 7.11 Å².